The van der Waals surface area contributed by atoms with E-state index in [9.17, 15) is 4.79 Å². The van der Waals surface area contributed by atoms with Gasteiger partial charge in [-0.1, -0.05) is 23.4 Å². The Morgan fingerprint density at radius 1 is 1.32 bits per heavy atom. The van der Waals surface area contributed by atoms with Crippen molar-refractivity contribution in [3.8, 4) is 0 Å². The lowest BCUT2D eigenvalue weighted by Crippen LogP contribution is -2.39. The summed E-state index contributed by atoms with van der Waals surface area (Å²) in [4.78, 5) is 19.3. The zero-order valence-electron chi connectivity index (χ0n) is 14.6. The molecule has 0 saturated carbocycles. The fourth-order valence-electron chi connectivity index (χ4n) is 3.78. The van der Waals surface area contributed by atoms with E-state index in [-0.39, 0.29) is 11.9 Å². The van der Waals surface area contributed by atoms with Crippen LogP contribution in [-0.2, 0) is 18.3 Å². The SMILES string of the molecule is Cc1nc(C2CCCCN2C(=O)Cc2cn(C)c3ccccc23)no1. The number of rotatable bonds is 3. The quantitative estimate of drug-likeness (QED) is 0.736. The van der Waals surface area contributed by atoms with Crippen molar-refractivity contribution in [3.05, 3.63) is 47.7 Å². The Hall–Kier alpha value is -2.63. The van der Waals surface area contributed by atoms with Gasteiger partial charge in [0.15, 0.2) is 5.82 Å². The maximum Gasteiger partial charge on any atom is 0.227 e. The van der Waals surface area contributed by atoms with Crippen LogP contribution in [0.2, 0.25) is 0 Å². The van der Waals surface area contributed by atoms with Gasteiger partial charge in [-0.05, 0) is 30.9 Å². The predicted octanol–water partition coefficient (Wildman–Crippen LogP) is 3.17. The number of aryl methyl sites for hydroxylation is 2. The molecule has 0 aliphatic carbocycles. The van der Waals surface area contributed by atoms with Gasteiger partial charge in [-0.3, -0.25) is 4.79 Å². The van der Waals surface area contributed by atoms with E-state index in [4.69, 9.17) is 4.52 Å². The Morgan fingerprint density at radius 3 is 2.96 bits per heavy atom. The third-order valence-corrected chi connectivity index (χ3v) is 4.99. The molecule has 4 rings (SSSR count). The first-order valence-corrected chi connectivity index (χ1v) is 8.76. The second-order valence-electron chi connectivity index (χ2n) is 6.73. The topological polar surface area (TPSA) is 64.2 Å². The number of benzene rings is 1. The zero-order chi connectivity index (χ0) is 17.4. The molecule has 1 aromatic carbocycles. The van der Waals surface area contributed by atoms with Gasteiger partial charge in [0.2, 0.25) is 11.8 Å². The normalized spacial score (nSPS) is 18.0. The molecule has 3 heterocycles. The molecule has 0 spiro atoms. The van der Waals surface area contributed by atoms with Gasteiger partial charge in [0.1, 0.15) is 0 Å². The van der Waals surface area contributed by atoms with Crippen molar-refractivity contribution in [3.63, 3.8) is 0 Å². The highest BCUT2D eigenvalue weighted by Gasteiger charge is 2.31. The molecule has 1 fully saturated rings. The second kappa shape index (κ2) is 6.35. The molecule has 3 aromatic rings. The minimum atomic E-state index is -0.0753. The summed E-state index contributed by atoms with van der Waals surface area (Å²) in [6, 6.07) is 8.12. The van der Waals surface area contributed by atoms with Crippen LogP contribution in [-0.4, -0.2) is 32.1 Å². The third-order valence-electron chi connectivity index (χ3n) is 4.99. The summed E-state index contributed by atoms with van der Waals surface area (Å²) in [6.07, 6.45) is 5.44. The maximum atomic E-state index is 13.0. The van der Waals surface area contributed by atoms with Crippen LogP contribution < -0.4 is 0 Å². The summed E-state index contributed by atoms with van der Waals surface area (Å²) in [7, 11) is 2.02. The smallest absolute Gasteiger partial charge is 0.227 e. The highest BCUT2D eigenvalue weighted by atomic mass is 16.5. The summed E-state index contributed by atoms with van der Waals surface area (Å²) in [5.41, 5.74) is 2.21. The average molecular weight is 338 g/mol. The van der Waals surface area contributed by atoms with E-state index in [2.05, 4.69) is 33.0 Å². The van der Waals surface area contributed by atoms with Gasteiger partial charge in [0.25, 0.3) is 0 Å². The summed E-state index contributed by atoms with van der Waals surface area (Å²) >= 11 is 0. The molecule has 1 unspecified atom stereocenters. The molecule has 6 nitrogen and oxygen atoms in total. The predicted molar refractivity (Wildman–Crippen MR) is 94.0 cm³/mol. The summed E-state index contributed by atoms with van der Waals surface area (Å²) in [5.74, 6) is 1.30. The molecule has 25 heavy (non-hydrogen) atoms. The summed E-state index contributed by atoms with van der Waals surface area (Å²) < 4.78 is 7.20. The summed E-state index contributed by atoms with van der Waals surface area (Å²) in [5, 5.41) is 5.19. The first-order valence-electron chi connectivity index (χ1n) is 8.76. The van der Waals surface area contributed by atoms with Gasteiger partial charge in [-0.15, -0.1) is 0 Å². The van der Waals surface area contributed by atoms with Crippen LogP contribution >= 0.6 is 0 Å². The Morgan fingerprint density at radius 2 is 2.16 bits per heavy atom. The number of para-hydroxylation sites is 1. The number of amides is 1. The van der Waals surface area contributed by atoms with E-state index < -0.39 is 0 Å². The zero-order valence-corrected chi connectivity index (χ0v) is 14.6. The largest absolute Gasteiger partial charge is 0.350 e. The van der Waals surface area contributed by atoms with Crippen molar-refractivity contribution in [1.82, 2.24) is 19.6 Å². The molecule has 0 bridgehead atoms. The van der Waals surface area contributed by atoms with Crippen LogP contribution in [0.1, 0.15) is 42.6 Å². The molecule has 6 heteroatoms. The number of aromatic nitrogens is 3. The lowest BCUT2D eigenvalue weighted by Gasteiger charge is -2.33. The standard InChI is InChI=1S/C19H22N4O2/c1-13-20-19(21-25-13)17-9-5-6-10-23(17)18(24)11-14-12-22(2)16-8-4-3-7-15(14)16/h3-4,7-8,12,17H,5-6,9-11H2,1-2H3. The lowest BCUT2D eigenvalue weighted by molar-refractivity contribution is -0.134. The number of carbonyl (C=O) groups excluding carboxylic acids is 1. The average Bonchev–Trinajstić information content (AvgIpc) is 3.19. The van der Waals surface area contributed by atoms with Crippen molar-refractivity contribution >= 4 is 16.8 Å². The number of carbonyl (C=O) groups is 1. The number of fused-ring (bicyclic) bond motifs is 1. The van der Waals surface area contributed by atoms with Gasteiger partial charge in [-0.2, -0.15) is 4.98 Å². The highest BCUT2D eigenvalue weighted by Crippen LogP contribution is 2.30. The minimum absolute atomic E-state index is 0.0753. The van der Waals surface area contributed by atoms with Crippen molar-refractivity contribution in [1.29, 1.82) is 0 Å². The van der Waals surface area contributed by atoms with Crippen LogP contribution in [0.4, 0.5) is 0 Å². The highest BCUT2D eigenvalue weighted by molar-refractivity contribution is 5.89. The molecule has 1 aliphatic rings. The van der Waals surface area contributed by atoms with Crippen molar-refractivity contribution < 1.29 is 9.32 Å². The molecule has 1 aliphatic heterocycles. The van der Waals surface area contributed by atoms with Gasteiger partial charge in [0, 0.05) is 37.6 Å². The van der Waals surface area contributed by atoms with Crippen LogP contribution in [0, 0.1) is 6.92 Å². The number of nitrogens with zero attached hydrogens (tertiary/aromatic N) is 4. The molecule has 1 atom stereocenters. The van der Waals surface area contributed by atoms with Gasteiger partial charge < -0.3 is 14.0 Å². The first-order chi connectivity index (χ1) is 12.1. The third kappa shape index (κ3) is 2.92. The fraction of sp³-hybridized carbons (Fsp3) is 0.421. The monoisotopic (exact) mass is 338 g/mol. The first kappa shape index (κ1) is 15.9. The molecule has 130 valence electrons. The van der Waals surface area contributed by atoms with E-state index in [1.165, 1.54) is 0 Å². The Labute approximate surface area is 146 Å². The van der Waals surface area contributed by atoms with E-state index in [1.54, 1.807) is 6.92 Å². The van der Waals surface area contributed by atoms with Crippen molar-refractivity contribution in [2.75, 3.05) is 6.54 Å². The molecule has 0 radical (unpaired) electrons. The maximum absolute atomic E-state index is 13.0. The van der Waals surface area contributed by atoms with E-state index in [0.29, 0.717) is 18.1 Å². The van der Waals surface area contributed by atoms with Gasteiger partial charge in [-0.25, -0.2) is 0 Å². The van der Waals surface area contributed by atoms with E-state index in [0.717, 1.165) is 42.3 Å². The van der Waals surface area contributed by atoms with Crippen LogP contribution in [0.25, 0.3) is 10.9 Å². The van der Waals surface area contributed by atoms with Gasteiger partial charge in [0.05, 0.1) is 12.5 Å². The van der Waals surface area contributed by atoms with E-state index >= 15 is 0 Å². The van der Waals surface area contributed by atoms with Crippen molar-refractivity contribution in [2.24, 2.45) is 7.05 Å². The number of hydrogen-bond acceptors (Lipinski definition) is 4. The molecule has 1 saturated heterocycles. The van der Waals surface area contributed by atoms with Crippen molar-refractivity contribution in [2.45, 2.75) is 38.6 Å². The summed E-state index contributed by atoms with van der Waals surface area (Å²) in [6.45, 7) is 2.53. The molecule has 0 N–H and O–H groups in total. The minimum Gasteiger partial charge on any atom is -0.350 e. The van der Waals surface area contributed by atoms with E-state index in [1.807, 2.05) is 24.1 Å². The number of likely N-dealkylation sites (tertiary alicyclic amines) is 1. The Bertz CT molecular complexity index is 911. The molecule has 2 aromatic heterocycles. The second-order valence-corrected chi connectivity index (χ2v) is 6.73. The van der Waals surface area contributed by atoms with Crippen LogP contribution in [0.5, 0.6) is 0 Å². The van der Waals surface area contributed by atoms with Gasteiger partial charge >= 0.3 is 0 Å². The Kier molecular flexibility index (Phi) is 4.03. The number of piperidine rings is 1. The molecular weight excluding hydrogens is 316 g/mol. The lowest BCUT2D eigenvalue weighted by atomic mass is 10.00. The molecular formula is C19H22N4O2. The molecule has 1 amide bonds. The number of hydrogen-bond donors (Lipinski definition) is 0. The fourth-order valence-corrected chi connectivity index (χ4v) is 3.78. The van der Waals surface area contributed by atoms with Crippen LogP contribution in [0.3, 0.4) is 0 Å². The Balaban J connectivity index is 1.60. The van der Waals surface area contributed by atoms with Crippen LogP contribution in [0.15, 0.2) is 35.0 Å².